The second-order valence-electron chi connectivity index (χ2n) is 9.68. The molecule has 5 rings (SSSR count). The molecule has 2 aliphatic rings. The number of unbranched alkanes of at least 4 members (excludes halogenated alkanes) is 1. The Kier molecular flexibility index (Phi) is 8.04. The third-order valence-electron chi connectivity index (χ3n) is 6.77. The first-order valence-electron chi connectivity index (χ1n) is 13.2. The molecular formula is C28H27N7O6. The molecule has 0 aliphatic carbocycles. The van der Waals surface area contributed by atoms with E-state index in [4.69, 9.17) is 4.74 Å². The number of nitrogens with one attached hydrogen (secondary N) is 2. The zero-order valence-corrected chi connectivity index (χ0v) is 22.3. The number of carbonyl (C=O) groups is 5. The van der Waals surface area contributed by atoms with E-state index >= 15 is 0 Å². The Labute approximate surface area is 234 Å². The Bertz CT molecular complexity index is 1510. The SMILES string of the molecule is Cc1nnc(-c2ccc(CNC(=O)CCCCOc3cccc4c3C(=O)N(C3CCC(=O)NC3=O)C4=O)cc2)nn1. The maximum Gasteiger partial charge on any atom is 0.266 e. The number of ether oxygens (including phenoxy) is 1. The number of benzene rings is 2. The van der Waals surface area contributed by atoms with E-state index in [1.807, 2.05) is 24.3 Å². The van der Waals surface area contributed by atoms with Crippen LogP contribution in [0.3, 0.4) is 0 Å². The normalized spacial score (nSPS) is 16.4. The predicted octanol–water partition coefficient (Wildman–Crippen LogP) is 1.51. The van der Waals surface area contributed by atoms with E-state index < -0.39 is 29.7 Å². The van der Waals surface area contributed by atoms with E-state index in [-0.39, 0.29) is 42.2 Å². The maximum atomic E-state index is 13.1. The van der Waals surface area contributed by atoms with Crippen LogP contribution >= 0.6 is 0 Å². The minimum absolute atomic E-state index is 0.0479. The number of imide groups is 2. The molecule has 3 aromatic rings. The van der Waals surface area contributed by atoms with Gasteiger partial charge in [0.05, 0.1) is 17.7 Å². The van der Waals surface area contributed by atoms with E-state index in [0.717, 1.165) is 16.0 Å². The predicted molar refractivity (Wildman–Crippen MR) is 142 cm³/mol. The third-order valence-corrected chi connectivity index (χ3v) is 6.77. The van der Waals surface area contributed by atoms with Gasteiger partial charge in [-0.3, -0.25) is 34.2 Å². The summed E-state index contributed by atoms with van der Waals surface area (Å²) in [6, 6.07) is 11.1. The lowest BCUT2D eigenvalue weighted by atomic mass is 10.0. The van der Waals surface area contributed by atoms with Crippen LogP contribution in [0, 0.1) is 6.92 Å². The van der Waals surface area contributed by atoms with Gasteiger partial charge in [0, 0.05) is 24.9 Å². The van der Waals surface area contributed by atoms with E-state index in [0.29, 0.717) is 37.5 Å². The Morgan fingerprint density at radius 1 is 1.00 bits per heavy atom. The highest BCUT2D eigenvalue weighted by molar-refractivity contribution is 6.24. The lowest BCUT2D eigenvalue weighted by Gasteiger charge is -2.27. The highest BCUT2D eigenvalue weighted by Gasteiger charge is 2.45. The number of carbonyl (C=O) groups excluding carboxylic acids is 5. The second-order valence-corrected chi connectivity index (χ2v) is 9.68. The summed E-state index contributed by atoms with van der Waals surface area (Å²) < 4.78 is 5.81. The van der Waals surface area contributed by atoms with Crippen molar-refractivity contribution in [1.82, 2.24) is 35.9 Å². The third kappa shape index (κ3) is 6.08. The summed E-state index contributed by atoms with van der Waals surface area (Å²) in [6.07, 6.45) is 1.52. The van der Waals surface area contributed by atoms with Gasteiger partial charge < -0.3 is 10.1 Å². The molecule has 13 heteroatoms. The van der Waals surface area contributed by atoms with Gasteiger partial charge in [-0.1, -0.05) is 30.3 Å². The molecule has 13 nitrogen and oxygen atoms in total. The first-order chi connectivity index (χ1) is 19.8. The highest BCUT2D eigenvalue weighted by Crippen LogP contribution is 2.33. The van der Waals surface area contributed by atoms with Crippen LogP contribution in [-0.2, 0) is 20.9 Å². The molecule has 1 unspecified atom stereocenters. The molecule has 2 aromatic carbocycles. The van der Waals surface area contributed by atoms with Gasteiger partial charge in [-0.15, -0.1) is 20.4 Å². The van der Waals surface area contributed by atoms with Crippen molar-refractivity contribution in [2.24, 2.45) is 0 Å². The standard InChI is InChI=1S/C28H27N7O6/c1-16-31-33-25(34-32-16)18-10-8-17(9-11-18)15-29-22(36)7-2-3-14-41-21-6-4-5-19-24(21)28(40)35(27(19)39)20-12-13-23(37)30-26(20)38/h4-6,8-11,20H,2-3,7,12-15H2,1H3,(H,29,36)(H,30,37,38). The number of rotatable bonds is 10. The topological polar surface area (TPSA) is 173 Å². The summed E-state index contributed by atoms with van der Waals surface area (Å²) in [5.74, 6) is -1.25. The number of hydrogen-bond acceptors (Lipinski definition) is 10. The van der Waals surface area contributed by atoms with Gasteiger partial charge in [0.2, 0.25) is 23.5 Å². The summed E-state index contributed by atoms with van der Waals surface area (Å²) in [7, 11) is 0. The van der Waals surface area contributed by atoms with Crippen LogP contribution in [-0.4, -0.2) is 67.5 Å². The average molecular weight is 558 g/mol. The van der Waals surface area contributed by atoms with Crippen molar-refractivity contribution in [2.75, 3.05) is 6.61 Å². The molecular weight excluding hydrogens is 530 g/mol. The molecule has 0 radical (unpaired) electrons. The number of piperidine rings is 1. The summed E-state index contributed by atoms with van der Waals surface area (Å²) in [5.41, 5.74) is 1.96. The fourth-order valence-electron chi connectivity index (χ4n) is 4.63. The molecule has 210 valence electrons. The van der Waals surface area contributed by atoms with Crippen molar-refractivity contribution in [3.8, 4) is 17.1 Å². The molecule has 1 saturated heterocycles. The lowest BCUT2D eigenvalue weighted by Crippen LogP contribution is -2.54. The molecule has 1 fully saturated rings. The lowest BCUT2D eigenvalue weighted by molar-refractivity contribution is -0.136. The van der Waals surface area contributed by atoms with Crippen molar-refractivity contribution >= 4 is 29.5 Å². The molecule has 2 aliphatic heterocycles. The van der Waals surface area contributed by atoms with Gasteiger partial charge in [-0.05, 0) is 43.9 Å². The molecule has 1 atom stereocenters. The van der Waals surface area contributed by atoms with Crippen LogP contribution in [0.15, 0.2) is 42.5 Å². The molecule has 0 spiro atoms. The van der Waals surface area contributed by atoms with Gasteiger partial charge in [-0.25, -0.2) is 0 Å². The zero-order chi connectivity index (χ0) is 28.9. The van der Waals surface area contributed by atoms with Crippen LogP contribution in [0.5, 0.6) is 5.75 Å². The van der Waals surface area contributed by atoms with E-state index in [9.17, 15) is 24.0 Å². The monoisotopic (exact) mass is 557 g/mol. The fourth-order valence-corrected chi connectivity index (χ4v) is 4.63. The Morgan fingerprint density at radius 2 is 1.76 bits per heavy atom. The largest absolute Gasteiger partial charge is 0.493 e. The van der Waals surface area contributed by atoms with Gasteiger partial charge >= 0.3 is 0 Å². The number of aryl methyl sites for hydroxylation is 1. The first-order valence-corrected chi connectivity index (χ1v) is 13.2. The van der Waals surface area contributed by atoms with Crippen LogP contribution in [0.25, 0.3) is 11.4 Å². The smallest absolute Gasteiger partial charge is 0.266 e. The van der Waals surface area contributed by atoms with Crippen LogP contribution in [0.1, 0.15) is 64.2 Å². The van der Waals surface area contributed by atoms with E-state index in [1.165, 1.54) is 6.07 Å². The zero-order valence-electron chi connectivity index (χ0n) is 22.3. The quantitative estimate of drug-likeness (QED) is 0.275. The molecule has 3 heterocycles. The van der Waals surface area contributed by atoms with Gasteiger partial charge in [0.15, 0.2) is 5.82 Å². The maximum absolute atomic E-state index is 13.1. The summed E-state index contributed by atoms with van der Waals surface area (Å²) in [4.78, 5) is 63.0. The van der Waals surface area contributed by atoms with Crippen LogP contribution in [0.2, 0.25) is 0 Å². The summed E-state index contributed by atoms with van der Waals surface area (Å²) in [6.45, 7) is 2.31. The van der Waals surface area contributed by atoms with Crippen molar-refractivity contribution in [2.45, 2.75) is 51.6 Å². The average Bonchev–Trinajstić information content (AvgIpc) is 3.22. The minimum atomic E-state index is -1.04. The van der Waals surface area contributed by atoms with Crippen molar-refractivity contribution < 1.29 is 28.7 Å². The van der Waals surface area contributed by atoms with E-state index in [1.54, 1.807) is 19.1 Å². The van der Waals surface area contributed by atoms with Crippen LogP contribution < -0.4 is 15.4 Å². The van der Waals surface area contributed by atoms with Crippen LogP contribution in [0.4, 0.5) is 0 Å². The number of hydrogen-bond donors (Lipinski definition) is 2. The van der Waals surface area contributed by atoms with Crippen molar-refractivity contribution in [3.63, 3.8) is 0 Å². The highest BCUT2D eigenvalue weighted by atomic mass is 16.5. The number of amides is 5. The Morgan fingerprint density at radius 3 is 2.49 bits per heavy atom. The summed E-state index contributed by atoms with van der Waals surface area (Å²) >= 11 is 0. The molecule has 0 bridgehead atoms. The molecule has 0 saturated carbocycles. The Balaban J connectivity index is 1.07. The molecule has 5 amide bonds. The summed E-state index contributed by atoms with van der Waals surface area (Å²) in [5, 5.41) is 20.9. The second kappa shape index (κ2) is 12.0. The number of aromatic nitrogens is 4. The van der Waals surface area contributed by atoms with Gasteiger partial charge in [0.25, 0.3) is 11.8 Å². The first kappa shape index (κ1) is 27.5. The molecule has 1 aromatic heterocycles. The molecule has 2 N–H and O–H groups in total. The van der Waals surface area contributed by atoms with Crippen molar-refractivity contribution in [3.05, 3.63) is 65.0 Å². The Hall–Kier alpha value is -5.07. The van der Waals surface area contributed by atoms with E-state index in [2.05, 4.69) is 31.0 Å². The van der Waals surface area contributed by atoms with Gasteiger partial charge in [-0.2, -0.15) is 0 Å². The van der Waals surface area contributed by atoms with Crippen molar-refractivity contribution in [1.29, 1.82) is 0 Å². The molecule has 41 heavy (non-hydrogen) atoms. The number of fused-ring (bicyclic) bond motifs is 1. The van der Waals surface area contributed by atoms with Gasteiger partial charge in [0.1, 0.15) is 11.8 Å². The number of nitrogens with zero attached hydrogens (tertiary/aromatic N) is 5. The fraction of sp³-hybridized carbons (Fsp3) is 0.321. The minimum Gasteiger partial charge on any atom is -0.493 e.